The van der Waals surface area contributed by atoms with Gasteiger partial charge >= 0.3 is 7.82 Å². The number of ether oxygens (including phenoxy) is 1. The van der Waals surface area contributed by atoms with Gasteiger partial charge in [-0.15, -0.1) is 0 Å². The molecule has 0 aromatic carbocycles. The molecule has 0 aliphatic heterocycles. The van der Waals surface area contributed by atoms with Crippen LogP contribution < -0.4 is 0 Å². The van der Waals surface area contributed by atoms with E-state index in [1.54, 1.807) is 0 Å². The minimum atomic E-state index is -4.13. The molecule has 8 heteroatoms. The lowest BCUT2D eigenvalue weighted by Crippen LogP contribution is -2.37. The maximum atomic E-state index is 12.0. The van der Waals surface area contributed by atoms with Crippen LogP contribution in [0.15, 0.2) is 0 Å². The van der Waals surface area contributed by atoms with Crippen LogP contribution in [0.2, 0.25) is 0 Å². The summed E-state index contributed by atoms with van der Waals surface area (Å²) in [4.78, 5) is 9.79. The van der Waals surface area contributed by atoms with Crippen molar-refractivity contribution in [2.24, 2.45) is 0 Å². The van der Waals surface area contributed by atoms with Gasteiger partial charge < -0.3 is 19.2 Å². The monoisotopic (exact) mass is 623 g/mol. The number of aliphatic hydroxyl groups is 1. The molecule has 7 nitrogen and oxygen atoms in total. The van der Waals surface area contributed by atoms with Crippen LogP contribution in [0, 0.1) is 0 Å². The van der Waals surface area contributed by atoms with Gasteiger partial charge in [-0.1, -0.05) is 155 Å². The Labute approximate surface area is 261 Å². The van der Waals surface area contributed by atoms with Crippen molar-refractivity contribution in [3.05, 3.63) is 0 Å². The number of phosphoric ester groups is 1. The van der Waals surface area contributed by atoms with E-state index in [0.717, 1.165) is 12.8 Å². The Kier molecular flexibility index (Phi) is 29.7. The zero-order valence-corrected chi connectivity index (χ0v) is 29.4. The maximum absolute atomic E-state index is 12.0. The van der Waals surface area contributed by atoms with E-state index in [1.165, 1.54) is 141 Å². The second-order valence-electron chi connectivity index (χ2n) is 13.4. The van der Waals surface area contributed by atoms with Gasteiger partial charge in [0.05, 0.1) is 34.4 Å². The second kappa shape index (κ2) is 29.7. The minimum Gasteiger partial charge on any atom is -0.394 e. The van der Waals surface area contributed by atoms with Crippen molar-refractivity contribution < 1.29 is 32.8 Å². The molecule has 42 heavy (non-hydrogen) atoms. The summed E-state index contributed by atoms with van der Waals surface area (Å²) in [7, 11) is 1.80. The number of hydrogen-bond donors (Lipinski definition) is 2. The van der Waals surface area contributed by atoms with E-state index in [0.29, 0.717) is 17.6 Å². The fourth-order valence-corrected chi connectivity index (χ4v) is 5.85. The molecule has 0 bridgehead atoms. The fraction of sp³-hybridized carbons (Fsp3) is 1.00. The largest absolute Gasteiger partial charge is 0.472 e. The smallest absolute Gasteiger partial charge is 0.394 e. The van der Waals surface area contributed by atoms with E-state index < -0.39 is 13.9 Å². The average molecular weight is 623 g/mol. The number of aliphatic hydroxyl groups excluding tert-OH is 1. The Morgan fingerprint density at radius 1 is 0.571 bits per heavy atom. The summed E-state index contributed by atoms with van der Waals surface area (Å²) in [5.41, 5.74) is 0. The molecule has 0 aliphatic carbocycles. The average Bonchev–Trinajstić information content (AvgIpc) is 2.93. The summed E-state index contributed by atoms with van der Waals surface area (Å²) in [5.74, 6) is 0. The van der Waals surface area contributed by atoms with Crippen LogP contribution in [-0.4, -0.2) is 74.7 Å². The highest BCUT2D eigenvalue weighted by Crippen LogP contribution is 2.43. The van der Waals surface area contributed by atoms with Gasteiger partial charge in [-0.25, -0.2) is 4.57 Å². The Morgan fingerprint density at radius 2 is 0.929 bits per heavy atom. The van der Waals surface area contributed by atoms with Crippen molar-refractivity contribution in [3.8, 4) is 0 Å². The van der Waals surface area contributed by atoms with Gasteiger partial charge in [0.25, 0.3) is 0 Å². The SMILES string of the molecule is CCCCCCCCCCCCCCCCCCCCCCCCCCO[C@H](CO)COP(=O)(O)OCC[N+](C)(C)C. The minimum absolute atomic E-state index is 0.126. The standard InChI is InChI=1S/C34H72NO6P/c1-5-6-7-8-9-10-11-12-13-14-15-16-17-18-19-20-21-22-23-24-25-26-27-28-30-39-34(32-36)33-41-42(37,38)40-31-29-35(2,3)4/h34,36H,5-33H2,1-4H3/p+1/t34-/m1/s1. The summed E-state index contributed by atoms with van der Waals surface area (Å²) in [6.07, 6.45) is 32.2. The van der Waals surface area contributed by atoms with Gasteiger partial charge in [0.1, 0.15) is 19.3 Å². The van der Waals surface area contributed by atoms with Crippen LogP contribution in [0.1, 0.15) is 161 Å². The van der Waals surface area contributed by atoms with E-state index in [2.05, 4.69) is 6.92 Å². The molecule has 2 atom stereocenters. The topological polar surface area (TPSA) is 85.2 Å². The van der Waals surface area contributed by atoms with Crippen LogP contribution in [-0.2, 0) is 18.3 Å². The second-order valence-corrected chi connectivity index (χ2v) is 14.9. The number of hydrogen-bond acceptors (Lipinski definition) is 5. The first-order valence-electron chi connectivity index (χ1n) is 17.8. The van der Waals surface area contributed by atoms with E-state index in [-0.39, 0.29) is 19.8 Å². The van der Waals surface area contributed by atoms with Gasteiger partial charge in [0.15, 0.2) is 0 Å². The van der Waals surface area contributed by atoms with Gasteiger partial charge in [0, 0.05) is 6.61 Å². The zero-order valence-electron chi connectivity index (χ0n) is 28.5. The maximum Gasteiger partial charge on any atom is 0.472 e. The molecule has 254 valence electrons. The molecule has 0 radical (unpaired) electrons. The van der Waals surface area contributed by atoms with Crippen molar-refractivity contribution in [1.82, 2.24) is 0 Å². The molecule has 0 aliphatic rings. The Morgan fingerprint density at radius 3 is 1.26 bits per heavy atom. The Balaban J connectivity index is 3.37. The van der Waals surface area contributed by atoms with Crippen molar-refractivity contribution in [1.29, 1.82) is 0 Å². The molecule has 0 aromatic rings. The number of nitrogens with zero attached hydrogens (tertiary/aromatic N) is 1. The summed E-state index contributed by atoms with van der Waals surface area (Å²) < 4.78 is 28.2. The number of rotatable bonds is 34. The fourth-order valence-electron chi connectivity index (χ4n) is 5.11. The lowest BCUT2D eigenvalue weighted by atomic mass is 10.0. The van der Waals surface area contributed by atoms with Crippen molar-refractivity contribution in [2.45, 2.75) is 167 Å². The summed E-state index contributed by atoms with van der Waals surface area (Å²) in [5, 5.41) is 9.47. The Hall–Kier alpha value is -0.0100. The molecule has 0 spiro atoms. The van der Waals surface area contributed by atoms with E-state index in [4.69, 9.17) is 13.8 Å². The summed E-state index contributed by atoms with van der Waals surface area (Å²) >= 11 is 0. The number of unbranched alkanes of at least 4 members (excludes halogenated alkanes) is 23. The van der Waals surface area contributed by atoms with Crippen LogP contribution in [0.25, 0.3) is 0 Å². The molecular weight excluding hydrogens is 549 g/mol. The van der Waals surface area contributed by atoms with Gasteiger partial charge in [-0.3, -0.25) is 9.05 Å². The van der Waals surface area contributed by atoms with Crippen LogP contribution >= 0.6 is 7.82 Å². The van der Waals surface area contributed by atoms with Gasteiger partial charge in [-0.05, 0) is 6.42 Å². The van der Waals surface area contributed by atoms with Crippen molar-refractivity contribution in [3.63, 3.8) is 0 Å². The number of phosphoric acid groups is 1. The summed E-state index contributed by atoms with van der Waals surface area (Å²) in [6, 6.07) is 0. The van der Waals surface area contributed by atoms with Crippen molar-refractivity contribution >= 4 is 7.82 Å². The predicted octanol–water partition coefficient (Wildman–Crippen LogP) is 9.59. The predicted molar refractivity (Wildman–Crippen MR) is 178 cm³/mol. The van der Waals surface area contributed by atoms with E-state index in [9.17, 15) is 14.6 Å². The number of quaternary nitrogens is 1. The molecule has 0 amide bonds. The molecule has 0 fully saturated rings. The third-order valence-corrected chi connectivity index (χ3v) is 8.98. The first-order valence-corrected chi connectivity index (χ1v) is 19.3. The highest BCUT2D eigenvalue weighted by molar-refractivity contribution is 7.47. The zero-order chi connectivity index (χ0) is 31.2. The molecule has 0 saturated heterocycles. The lowest BCUT2D eigenvalue weighted by molar-refractivity contribution is -0.870. The Bertz CT molecular complexity index is 601. The molecular formula is C34H73NO6P+. The summed E-state index contributed by atoms with van der Waals surface area (Å²) in [6.45, 7) is 3.12. The highest BCUT2D eigenvalue weighted by atomic mass is 31.2. The normalized spacial score (nSPS) is 14.3. The molecule has 0 rings (SSSR count). The van der Waals surface area contributed by atoms with Gasteiger partial charge in [-0.2, -0.15) is 0 Å². The van der Waals surface area contributed by atoms with Gasteiger partial charge in [0.2, 0.25) is 0 Å². The molecule has 0 aromatic heterocycles. The van der Waals surface area contributed by atoms with Crippen LogP contribution in [0.3, 0.4) is 0 Å². The highest BCUT2D eigenvalue weighted by Gasteiger charge is 2.24. The lowest BCUT2D eigenvalue weighted by Gasteiger charge is -2.24. The van der Waals surface area contributed by atoms with E-state index in [1.807, 2.05) is 21.1 Å². The molecule has 0 heterocycles. The third kappa shape index (κ3) is 32.9. The first-order chi connectivity index (χ1) is 20.2. The van der Waals surface area contributed by atoms with E-state index >= 15 is 0 Å². The molecule has 1 unspecified atom stereocenters. The molecule has 0 saturated carbocycles. The van der Waals surface area contributed by atoms with Crippen molar-refractivity contribution in [2.75, 3.05) is 54.1 Å². The molecule has 2 N–H and O–H groups in total. The quantitative estimate of drug-likeness (QED) is 0.0422. The number of likely N-dealkylation sites (N-methyl/N-ethyl adjacent to an activating group) is 1. The third-order valence-electron chi connectivity index (χ3n) is 8.00. The first kappa shape index (κ1) is 42.0. The van der Waals surface area contributed by atoms with Crippen LogP contribution in [0.4, 0.5) is 0 Å². The van der Waals surface area contributed by atoms with Crippen LogP contribution in [0.5, 0.6) is 0 Å².